The Balaban J connectivity index is 1.83. The molecule has 2 amide bonds. The van der Waals surface area contributed by atoms with Crippen molar-refractivity contribution in [1.82, 2.24) is 10.2 Å². The third-order valence-electron chi connectivity index (χ3n) is 7.97. The molecule has 0 bridgehead atoms. The van der Waals surface area contributed by atoms with Crippen molar-refractivity contribution in [3.05, 3.63) is 129 Å². The summed E-state index contributed by atoms with van der Waals surface area (Å²) in [6, 6.07) is 26.5. The van der Waals surface area contributed by atoms with Gasteiger partial charge >= 0.3 is 0 Å². The zero-order valence-electron chi connectivity index (χ0n) is 26.4. The maximum absolute atomic E-state index is 14.6. The van der Waals surface area contributed by atoms with Gasteiger partial charge in [0, 0.05) is 29.1 Å². The lowest BCUT2D eigenvalue weighted by molar-refractivity contribution is -0.140. The fraction of sp³-hybridized carbons (Fsp3) is 0.278. The summed E-state index contributed by atoms with van der Waals surface area (Å²) < 4.78 is 29.5. The van der Waals surface area contributed by atoms with E-state index < -0.39 is 28.5 Å². The van der Waals surface area contributed by atoms with Crippen LogP contribution in [0.25, 0.3) is 0 Å². The molecule has 0 aliphatic rings. The van der Waals surface area contributed by atoms with E-state index in [2.05, 4.69) is 5.32 Å². The molecule has 10 heteroatoms. The van der Waals surface area contributed by atoms with Crippen molar-refractivity contribution in [2.24, 2.45) is 0 Å². The summed E-state index contributed by atoms with van der Waals surface area (Å²) in [6.07, 6.45) is 0.926. The van der Waals surface area contributed by atoms with Crippen LogP contribution in [0, 0.1) is 13.8 Å². The van der Waals surface area contributed by atoms with E-state index in [0.717, 1.165) is 21.0 Å². The van der Waals surface area contributed by atoms with Crippen LogP contribution in [-0.2, 0) is 32.6 Å². The second-order valence-electron chi connectivity index (χ2n) is 11.4. The highest BCUT2D eigenvalue weighted by molar-refractivity contribution is 7.92. The van der Waals surface area contributed by atoms with Gasteiger partial charge in [-0.1, -0.05) is 78.7 Å². The molecule has 0 heterocycles. The number of rotatable bonds is 13. The molecule has 0 radical (unpaired) electrons. The Bertz CT molecular complexity index is 1770. The van der Waals surface area contributed by atoms with Gasteiger partial charge in [-0.2, -0.15) is 0 Å². The molecule has 0 spiro atoms. The van der Waals surface area contributed by atoms with Crippen molar-refractivity contribution in [2.75, 3.05) is 10.8 Å². The number of amides is 2. The van der Waals surface area contributed by atoms with Crippen LogP contribution in [0.1, 0.15) is 42.5 Å². The van der Waals surface area contributed by atoms with Gasteiger partial charge in [-0.15, -0.1) is 0 Å². The molecule has 7 nitrogen and oxygen atoms in total. The molecule has 46 heavy (non-hydrogen) atoms. The summed E-state index contributed by atoms with van der Waals surface area (Å²) >= 11 is 12.4. The van der Waals surface area contributed by atoms with E-state index in [4.69, 9.17) is 23.2 Å². The lowest BCUT2D eigenvalue weighted by Gasteiger charge is -2.34. The number of nitrogens with one attached hydrogen (secondary N) is 1. The first-order chi connectivity index (χ1) is 21.9. The minimum atomic E-state index is -4.23. The zero-order chi connectivity index (χ0) is 33.4. The van der Waals surface area contributed by atoms with Crippen molar-refractivity contribution in [3.63, 3.8) is 0 Å². The van der Waals surface area contributed by atoms with Gasteiger partial charge in [0.15, 0.2) is 0 Å². The van der Waals surface area contributed by atoms with Gasteiger partial charge in [0.2, 0.25) is 11.8 Å². The van der Waals surface area contributed by atoms with Crippen molar-refractivity contribution in [1.29, 1.82) is 0 Å². The first kappa shape index (κ1) is 35.0. The first-order valence-corrected chi connectivity index (χ1v) is 17.3. The summed E-state index contributed by atoms with van der Waals surface area (Å²) in [5, 5.41) is 3.91. The van der Waals surface area contributed by atoms with Crippen LogP contribution in [-0.4, -0.2) is 43.8 Å². The summed E-state index contributed by atoms with van der Waals surface area (Å²) in [6.45, 7) is 7.17. The van der Waals surface area contributed by atoms with Crippen molar-refractivity contribution in [2.45, 2.75) is 64.1 Å². The third-order valence-corrected chi connectivity index (χ3v) is 10.2. The minimum Gasteiger partial charge on any atom is -0.352 e. The fourth-order valence-corrected chi connectivity index (χ4v) is 6.72. The summed E-state index contributed by atoms with van der Waals surface area (Å²) in [5.74, 6) is -0.872. The number of nitrogens with zero attached hydrogens (tertiary/aromatic N) is 2. The number of carbonyl (C=O) groups is 2. The van der Waals surface area contributed by atoms with Gasteiger partial charge in [0.1, 0.15) is 12.6 Å². The standard InChI is InChI=1S/C36H39Cl2N3O4S/c1-5-27(4)39-36(43)34(22-28-10-7-6-8-11-28)40(23-29-12-9-13-31(38)21-29)35(42)24-41(32-17-14-25(2)26(3)20-32)46(44,45)33-18-15-30(37)16-19-33/h6-21,27,34H,5,22-24H2,1-4H3,(H,39,43)/t27-,34+/m0/s1. The predicted octanol–water partition coefficient (Wildman–Crippen LogP) is 7.36. The molecule has 0 aromatic heterocycles. The maximum atomic E-state index is 14.6. The van der Waals surface area contributed by atoms with Crippen molar-refractivity contribution in [3.8, 4) is 0 Å². The van der Waals surface area contributed by atoms with Gasteiger partial charge in [-0.05, 0) is 98.0 Å². The molecule has 4 aromatic rings. The van der Waals surface area contributed by atoms with Crippen LogP contribution in [0.4, 0.5) is 5.69 Å². The SMILES string of the molecule is CC[C@H](C)NC(=O)[C@@H](Cc1ccccc1)N(Cc1cccc(Cl)c1)C(=O)CN(c1ccc(C)c(C)c1)S(=O)(=O)c1ccc(Cl)cc1. The quantitative estimate of drug-likeness (QED) is 0.160. The molecule has 0 unspecified atom stereocenters. The lowest BCUT2D eigenvalue weighted by Crippen LogP contribution is -2.54. The van der Waals surface area contributed by atoms with Crippen molar-refractivity contribution >= 4 is 50.7 Å². The number of anilines is 1. The fourth-order valence-electron chi connectivity index (χ4n) is 4.97. The number of sulfonamides is 1. The Morgan fingerprint density at radius 2 is 1.48 bits per heavy atom. The Morgan fingerprint density at radius 3 is 2.11 bits per heavy atom. The first-order valence-electron chi connectivity index (χ1n) is 15.1. The lowest BCUT2D eigenvalue weighted by atomic mass is 10.0. The molecule has 0 saturated carbocycles. The molecule has 242 valence electrons. The Labute approximate surface area is 282 Å². The van der Waals surface area contributed by atoms with Crippen LogP contribution in [0.5, 0.6) is 0 Å². The van der Waals surface area contributed by atoms with E-state index in [1.165, 1.54) is 29.2 Å². The topological polar surface area (TPSA) is 86.8 Å². The number of aryl methyl sites for hydroxylation is 2. The Hall–Kier alpha value is -3.85. The predicted molar refractivity (Wildman–Crippen MR) is 186 cm³/mol. The molecule has 0 fully saturated rings. The van der Waals surface area contributed by atoms with E-state index in [0.29, 0.717) is 27.7 Å². The number of carbonyl (C=O) groups excluding carboxylic acids is 2. The highest BCUT2D eigenvalue weighted by Gasteiger charge is 2.35. The van der Waals surface area contributed by atoms with Crippen LogP contribution in [0.3, 0.4) is 0 Å². The zero-order valence-corrected chi connectivity index (χ0v) is 28.7. The molecule has 4 aromatic carbocycles. The van der Waals surface area contributed by atoms with Gasteiger partial charge in [0.05, 0.1) is 10.6 Å². The number of hydrogen-bond donors (Lipinski definition) is 1. The second kappa shape index (κ2) is 15.6. The largest absolute Gasteiger partial charge is 0.352 e. The average Bonchev–Trinajstić information content (AvgIpc) is 3.03. The van der Waals surface area contributed by atoms with E-state index in [9.17, 15) is 18.0 Å². The van der Waals surface area contributed by atoms with Gasteiger partial charge in [-0.25, -0.2) is 8.42 Å². The van der Waals surface area contributed by atoms with Gasteiger partial charge in [-0.3, -0.25) is 13.9 Å². The highest BCUT2D eigenvalue weighted by Crippen LogP contribution is 2.28. The molecule has 0 aliphatic heterocycles. The average molecular weight is 681 g/mol. The minimum absolute atomic E-state index is 0.0142. The van der Waals surface area contributed by atoms with E-state index in [-0.39, 0.29) is 29.8 Å². The third kappa shape index (κ3) is 8.90. The van der Waals surface area contributed by atoms with Crippen molar-refractivity contribution < 1.29 is 18.0 Å². The molecule has 1 N–H and O–H groups in total. The summed E-state index contributed by atoms with van der Waals surface area (Å²) in [5.41, 5.74) is 3.74. The van der Waals surface area contributed by atoms with Crippen LogP contribution in [0.15, 0.2) is 102 Å². The molecule has 4 rings (SSSR count). The molecular formula is C36H39Cl2N3O4S. The molecular weight excluding hydrogens is 641 g/mol. The maximum Gasteiger partial charge on any atom is 0.264 e. The smallest absolute Gasteiger partial charge is 0.264 e. The second-order valence-corrected chi connectivity index (χ2v) is 14.1. The van der Waals surface area contributed by atoms with E-state index >= 15 is 0 Å². The molecule has 2 atom stereocenters. The van der Waals surface area contributed by atoms with Crippen LogP contribution < -0.4 is 9.62 Å². The summed E-state index contributed by atoms with van der Waals surface area (Å²) in [7, 11) is -4.23. The van der Waals surface area contributed by atoms with Crippen LogP contribution >= 0.6 is 23.2 Å². The van der Waals surface area contributed by atoms with Gasteiger partial charge in [0.25, 0.3) is 10.0 Å². The Kier molecular flexibility index (Phi) is 11.9. The summed E-state index contributed by atoms with van der Waals surface area (Å²) in [4.78, 5) is 30.0. The Morgan fingerprint density at radius 1 is 0.804 bits per heavy atom. The molecule has 0 saturated heterocycles. The molecule has 0 aliphatic carbocycles. The monoisotopic (exact) mass is 679 g/mol. The van der Waals surface area contributed by atoms with E-state index in [1.807, 2.05) is 70.2 Å². The van der Waals surface area contributed by atoms with E-state index in [1.54, 1.807) is 30.3 Å². The van der Waals surface area contributed by atoms with Crippen LogP contribution in [0.2, 0.25) is 10.0 Å². The number of benzene rings is 4. The highest BCUT2D eigenvalue weighted by atomic mass is 35.5. The van der Waals surface area contributed by atoms with Gasteiger partial charge < -0.3 is 10.2 Å². The number of halogens is 2. The normalized spacial score (nSPS) is 12.7. The number of hydrogen-bond acceptors (Lipinski definition) is 4.